The number of nitrogens with zero attached hydrogens (tertiary/aromatic N) is 2. The second-order valence-electron chi connectivity index (χ2n) is 6.56. The molecule has 0 radical (unpaired) electrons. The number of hydrazone groups is 1. The molecule has 0 aromatic heterocycles. The zero-order valence-electron chi connectivity index (χ0n) is 17.9. The summed E-state index contributed by atoms with van der Waals surface area (Å²) in [7, 11) is 0. The number of hydrogen-bond acceptors (Lipinski definition) is 5. The van der Waals surface area contributed by atoms with E-state index in [1.807, 2.05) is 31.2 Å². The zero-order chi connectivity index (χ0) is 21.8. The number of anilines is 2. The molecule has 7 nitrogen and oxygen atoms in total. The molecule has 0 unspecified atom stereocenters. The normalized spacial score (nSPS) is 10.6. The Bertz CT molecular complexity index is 829. The van der Waals surface area contributed by atoms with Gasteiger partial charge in [-0.15, -0.1) is 0 Å². The van der Waals surface area contributed by atoms with E-state index in [1.165, 1.54) is 0 Å². The summed E-state index contributed by atoms with van der Waals surface area (Å²) >= 11 is 0. The number of carbonyl (C=O) groups excluding carboxylic acids is 2. The predicted molar refractivity (Wildman–Crippen MR) is 121 cm³/mol. The van der Waals surface area contributed by atoms with Crippen LogP contribution in [-0.2, 0) is 9.59 Å². The van der Waals surface area contributed by atoms with Crippen molar-refractivity contribution in [2.45, 2.75) is 33.6 Å². The van der Waals surface area contributed by atoms with E-state index in [2.05, 4.69) is 34.6 Å². The second kappa shape index (κ2) is 12.3. The molecule has 0 saturated heterocycles. The highest BCUT2D eigenvalue weighted by atomic mass is 16.5. The molecule has 0 aliphatic carbocycles. The molecule has 30 heavy (non-hydrogen) atoms. The fourth-order valence-electron chi connectivity index (χ4n) is 2.85. The van der Waals surface area contributed by atoms with Gasteiger partial charge in [-0.3, -0.25) is 9.59 Å². The average molecular weight is 411 g/mol. The topological polar surface area (TPSA) is 83.0 Å². The molecule has 2 aromatic carbocycles. The van der Waals surface area contributed by atoms with Gasteiger partial charge in [-0.25, -0.2) is 5.43 Å². The van der Waals surface area contributed by atoms with Crippen LogP contribution < -0.4 is 20.4 Å². The monoisotopic (exact) mass is 410 g/mol. The largest absolute Gasteiger partial charge is 0.494 e. The summed E-state index contributed by atoms with van der Waals surface area (Å²) in [4.78, 5) is 26.1. The lowest BCUT2D eigenvalue weighted by Gasteiger charge is -2.20. The highest BCUT2D eigenvalue weighted by molar-refractivity contribution is 5.93. The van der Waals surface area contributed by atoms with Crippen LogP contribution in [0.4, 0.5) is 11.4 Å². The van der Waals surface area contributed by atoms with Crippen LogP contribution in [0.1, 0.15) is 39.2 Å². The molecule has 0 atom stereocenters. The molecule has 0 saturated carbocycles. The van der Waals surface area contributed by atoms with E-state index in [1.54, 1.807) is 30.5 Å². The van der Waals surface area contributed by atoms with Crippen molar-refractivity contribution in [1.82, 2.24) is 5.43 Å². The number of rotatable bonds is 11. The summed E-state index contributed by atoms with van der Waals surface area (Å²) in [6, 6.07) is 15.1. The van der Waals surface area contributed by atoms with Crippen molar-refractivity contribution in [2.75, 3.05) is 29.9 Å². The Morgan fingerprint density at radius 3 is 2.17 bits per heavy atom. The molecule has 0 fully saturated rings. The van der Waals surface area contributed by atoms with Gasteiger partial charge in [-0.2, -0.15) is 5.10 Å². The van der Waals surface area contributed by atoms with Crippen molar-refractivity contribution in [2.24, 2.45) is 5.10 Å². The zero-order valence-corrected chi connectivity index (χ0v) is 17.9. The summed E-state index contributed by atoms with van der Waals surface area (Å²) in [6.07, 6.45) is 1.72. The Balaban J connectivity index is 1.73. The number of carbonyl (C=O) groups is 2. The van der Waals surface area contributed by atoms with Crippen molar-refractivity contribution in [3.05, 3.63) is 54.1 Å². The standard InChI is InChI=1S/C23H30N4O3/c1-4-27(5-2)20-11-7-18(8-12-20)17-24-26-23(29)16-15-22(28)25-19-9-13-21(14-10-19)30-6-3/h7-14,17H,4-6,15-16H2,1-3H3,(H,25,28)(H,26,29)/b24-17+. The summed E-state index contributed by atoms with van der Waals surface area (Å²) in [5, 5.41) is 6.72. The van der Waals surface area contributed by atoms with Crippen LogP contribution in [0.3, 0.4) is 0 Å². The van der Waals surface area contributed by atoms with E-state index in [0.717, 1.165) is 30.1 Å². The highest BCUT2D eigenvalue weighted by Gasteiger charge is 2.07. The molecule has 2 aromatic rings. The lowest BCUT2D eigenvalue weighted by Crippen LogP contribution is -2.21. The van der Waals surface area contributed by atoms with Gasteiger partial charge in [0.15, 0.2) is 0 Å². The molecule has 7 heteroatoms. The molecule has 0 aliphatic heterocycles. The molecule has 0 spiro atoms. The van der Waals surface area contributed by atoms with E-state index in [4.69, 9.17) is 4.74 Å². The smallest absolute Gasteiger partial charge is 0.240 e. The maximum atomic E-state index is 12.0. The highest BCUT2D eigenvalue weighted by Crippen LogP contribution is 2.16. The minimum absolute atomic E-state index is 0.0566. The molecular formula is C23H30N4O3. The Morgan fingerprint density at radius 1 is 0.933 bits per heavy atom. The molecule has 2 N–H and O–H groups in total. The third-order valence-electron chi connectivity index (χ3n) is 4.45. The first-order valence-electron chi connectivity index (χ1n) is 10.2. The number of benzene rings is 2. The van der Waals surface area contributed by atoms with Crippen molar-refractivity contribution >= 4 is 29.4 Å². The molecule has 0 bridgehead atoms. The number of ether oxygens (including phenoxy) is 1. The van der Waals surface area contributed by atoms with Crippen LogP contribution in [0.25, 0.3) is 0 Å². The number of hydrogen-bond donors (Lipinski definition) is 2. The predicted octanol–water partition coefficient (Wildman–Crippen LogP) is 3.80. The van der Waals surface area contributed by atoms with Crippen LogP contribution >= 0.6 is 0 Å². The van der Waals surface area contributed by atoms with Crippen LogP contribution in [-0.4, -0.2) is 37.7 Å². The summed E-state index contributed by atoms with van der Waals surface area (Å²) in [5.41, 5.74) is 5.16. The van der Waals surface area contributed by atoms with E-state index in [-0.39, 0.29) is 24.7 Å². The Morgan fingerprint density at radius 2 is 1.57 bits per heavy atom. The van der Waals surface area contributed by atoms with Gasteiger partial charge >= 0.3 is 0 Å². The molecule has 0 aliphatic rings. The van der Waals surface area contributed by atoms with Gasteiger partial charge in [0, 0.05) is 37.3 Å². The maximum Gasteiger partial charge on any atom is 0.240 e. The van der Waals surface area contributed by atoms with Crippen molar-refractivity contribution in [3.63, 3.8) is 0 Å². The molecular weight excluding hydrogens is 380 g/mol. The van der Waals surface area contributed by atoms with Crippen LogP contribution in [0.5, 0.6) is 5.75 Å². The molecule has 2 rings (SSSR count). The Kier molecular flexibility index (Phi) is 9.37. The van der Waals surface area contributed by atoms with E-state index < -0.39 is 0 Å². The third-order valence-corrected chi connectivity index (χ3v) is 4.45. The second-order valence-corrected chi connectivity index (χ2v) is 6.56. The van der Waals surface area contributed by atoms with Crippen LogP contribution in [0.15, 0.2) is 53.6 Å². The van der Waals surface area contributed by atoms with Crippen molar-refractivity contribution in [3.8, 4) is 5.75 Å². The fraction of sp³-hybridized carbons (Fsp3) is 0.348. The van der Waals surface area contributed by atoms with Gasteiger partial charge < -0.3 is 15.0 Å². The Labute approximate surface area is 178 Å². The van der Waals surface area contributed by atoms with Crippen molar-refractivity contribution < 1.29 is 14.3 Å². The van der Waals surface area contributed by atoms with Gasteiger partial charge in [0.25, 0.3) is 0 Å². The molecule has 2 amide bonds. The quantitative estimate of drug-likeness (QED) is 0.436. The molecule has 0 heterocycles. The minimum atomic E-state index is -0.312. The first-order valence-corrected chi connectivity index (χ1v) is 10.2. The Hall–Kier alpha value is -3.35. The van der Waals surface area contributed by atoms with Gasteiger partial charge in [0.2, 0.25) is 11.8 Å². The molecule has 160 valence electrons. The van der Waals surface area contributed by atoms with E-state index >= 15 is 0 Å². The maximum absolute atomic E-state index is 12.0. The lowest BCUT2D eigenvalue weighted by molar-refractivity contribution is -0.124. The average Bonchev–Trinajstić information content (AvgIpc) is 2.76. The minimum Gasteiger partial charge on any atom is -0.494 e. The SMILES string of the molecule is CCOc1ccc(NC(=O)CCC(=O)N/N=C/c2ccc(N(CC)CC)cc2)cc1. The summed E-state index contributed by atoms with van der Waals surface area (Å²) in [6.45, 7) is 8.64. The van der Waals surface area contributed by atoms with Crippen LogP contribution in [0, 0.1) is 0 Å². The lowest BCUT2D eigenvalue weighted by atomic mass is 10.2. The number of nitrogens with one attached hydrogen (secondary N) is 2. The van der Waals surface area contributed by atoms with Gasteiger partial charge in [0.1, 0.15) is 5.75 Å². The van der Waals surface area contributed by atoms with Crippen LogP contribution in [0.2, 0.25) is 0 Å². The number of amides is 2. The first-order chi connectivity index (χ1) is 14.5. The summed E-state index contributed by atoms with van der Waals surface area (Å²) < 4.78 is 5.36. The summed E-state index contributed by atoms with van der Waals surface area (Å²) in [5.74, 6) is 0.202. The van der Waals surface area contributed by atoms with E-state index in [9.17, 15) is 9.59 Å². The van der Waals surface area contributed by atoms with Gasteiger partial charge in [-0.1, -0.05) is 12.1 Å². The fourth-order valence-corrected chi connectivity index (χ4v) is 2.85. The van der Waals surface area contributed by atoms with Gasteiger partial charge in [0.05, 0.1) is 12.8 Å². The van der Waals surface area contributed by atoms with Gasteiger partial charge in [-0.05, 0) is 62.7 Å². The first kappa shape index (κ1) is 22.9. The van der Waals surface area contributed by atoms with E-state index in [0.29, 0.717) is 12.3 Å². The van der Waals surface area contributed by atoms with Crippen molar-refractivity contribution in [1.29, 1.82) is 0 Å². The third kappa shape index (κ3) is 7.58.